The molecule has 0 aliphatic carbocycles. The van der Waals surface area contributed by atoms with Crippen molar-refractivity contribution < 1.29 is 32.3 Å². The van der Waals surface area contributed by atoms with E-state index < -0.39 is 29.7 Å². The topological polar surface area (TPSA) is 79.0 Å². The fourth-order valence-corrected chi connectivity index (χ4v) is 2.12. The molecule has 0 radical (unpaired) electrons. The number of ether oxygens (including phenoxy) is 1. The Labute approximate surface area is 138 Å². The monoisotopic (exact) mass is 353 g/mol. The molecule has 1 saturated heterocycles. The molecule has 1 fully saturated rings. The van der Waals surface area contributed by atoms with Crippen LogP contribution in [0.1, 0.15) is 27.2 Å². The van der Waals surface area contributed by atoms with Crippen LogP contribution < -0.4 is 5.32 Å². The first-order chi connectivity index (χ1) is 10.9. The first kappa shape index (κ1) is 20.0. The lowest BCUT2D eigenvalue weighted by Gasteiger charge is -2.23. The number of carbonyl (C=O) groups is 3. The van der Waals surface area contributed by atoms with Crippen LogP contribution in [0.25, 0.3) is 0 Å². The third-order valence-electron chi connectivity index (χ3n) is 3.16. The van der Waals surface area contributed by atoms with E-state index in [2.05, 4.69) is 5.32 Å². The molecule has 1 aliphatic rings. The Bertz CT molecular complexity index is 489. The van der Waals surface area contributed by atoms with Gasteiger partial charge in [0.15, 0.2) is 0 Å². The molecule has 10 heteroatoms. The molecule has 1 aliphatic heterocycles. The summed E-state index contributed by atoms with van der Waals surface area (Å²) in [4.78, 5) is 36.7. The van der Waals surface area contributed by atoms with Gasteiger partial charge in [-0.2, -0.15) is 13.2 Å². The van der Waals surface area contributed by atoms with Gasteiger partial charge >= 0.3 is 18.2 Å². The molecule has 138 valence electrons. The predicted molar refractivity (Wildman–Crippen MR) is 78.1 cm³/mol. The van der Waals surface area contributed by atoms with E-state index in [1.54, 1.807) is 20.8 Å². The Morgan fingerprint density at radius 2 is 1.54 bits per heavy atom. The molecule has 0 aromatic rings. The van der Waals surface area contributed by atoms with Crippen LogP contribution in [0.15, 0.2) is 0 Å². The molecule has 0 spiro atoms. The van der Waals surface area contributed by atoms with Crippen LogP contribution in [0.2, 0.25) is 0 Å². The highest BCUT2D eigenvalue weighted by atomic mass is 19.4. The van der Waals surface area contributed by atoms with Gasteiger partial charge in [0.2, 0.25) is 5.91 Å². The second-order valence-corrected chi connectivity index (χ2v) is 6.38. The van der Waals surface area contributed by atoms with Crippen molar-refractivity contribution in [3.63, 3.8) is 0 Å². The summed E-state index contributed by atoms with van der Waals surface area (Å²) in [6.45, 7) is 4.65. The van der Waals surface area contributed by atoms with E-state index in [0.29, 0.717) is 4.90 Å². The maximum Gasteiger partial charge on any atom is 0.471 e. The van der Waals surface area contributed by atoms with Crippen molar-refractivity contribution in [1.82, 2.24) is 15.1 Å². The van der Waals surface area contributed by atoms with E-state index in [0.717, 1.165) is 0 Å². The molecule has 0 bridgehead atoms. The molecule has 1 rings (SSSR count). The molecule has 0 aromatic heterocycles. The molecule has 7 nitrogen and oxygen atoms in total. The number of nitrogens with one attached hydrogen (secondary N) is 1. The summed E-state index contributed by atoms with van der Waals surface area (Å²) in [7, 11) is 0. The van der Waals surface area contributed by atoms with Crippen LogP contribution >= 0.6 is 0 Å². The Kier molecular flexibility index (Phi) is 6.44. The zero-order chi connectivity index (χ0) is 18.5. The van der Waals surface area contributed by atoms with Crippen molar-refractivity contribution in [3.05, 3.63) is 0 Å². The summed E-state index contributed by atoms with van der Waals surface area (Å²) in [5.74, 6) is -2.34. The molecular formula is C14H22F3N3O4. The van der Waals surface area contributed by atoms with Gasteiger partial charge < -0.3 is 19.9 Å². The lowest BCUT2D eigenvalue weighted by atomic mass is 10.2. The normalized spacial score (nSPS) is 16.4. The Hall–Kier alpha value is -2.00. The van der Waals surface area contributed by atoms with E-state index in [9.17, 15) is 27.6 Å². The maximum atomic E-state index is 12.4. The van der Waals surface area contributed by atoms with E-state index in [4.69, 9.17) is 4.74 Å². The lowest BCUT2D eigenvalue weighted by molar-refractivity contribution is -0.185. The third-order valence-corrected chi connectivity index (χ3v) is 3.16. The number of hydrogen-bond donors (Lipinski definition) is 1. The van der Waals surface area contributed by atoms with Gasteiger partial charge in [-0.25, -0.2) is 4.79 Å². The molecule has 0 atom stereocenters. The van der Waals surface area contributed by atoms with Crippen LogP contribution in [0.4, 0.5) is 18.0 Å². The summed E-state index contributed by atoms with van der Waals surface area (Å²) < 4.78 is 42.3. The van der Waals surface area contributed by atoms with Crippen molar-refractivity contribution in [2.75, 3.05) is 32.7 Å². The molecule has 24 heavy (non-hydrogen) atoms. The molecule has 0 unspecified atom stereocenters. The standard InChI is InChI=1S/C14H22F3N3O4/c1-13(2,3)24-12(23)18-9-10(21)19-5-4-6-20(8-7-19)11(22)14(15,16)17/h4-9H2,1-3H3,(H,18,23). The zero-order valence-electron chi connectivity index (χ0n) is 13.9. The molecule has 1 N–H and O–H groups in total. The summed E-state index contributed by atoms with van der Waals surface area (Å²) >= 11 is 0. The fourth-order valence-electron chi connectivity index (χ4n) is 2.12. The van der Waals surface area contributed by atoms with Gasteiger partial charge in [-0.15, -0.1) is 0 Å². The van der Waals surface area contributed by atoms with Gasteiger partial charge in [-0.1, -0.05) is 0 Å². The molecule has 0 saturated carbocycles. The van der Waals surface area contributed by atoms with E-state index in [1.165, 1.54) is 4.90 Å². The number of halogens is 3. The fraction of sp³-hybridized carbons (Fsp3) is 0.786. The van der Waals surface area contributed by atoms with Crippen molar-refractivity contribution in [1.29, 1.82) is 0 Å². The summed E-state index contributed by atoms with van der Waals surface area (Å²) in [6, 6.07) is 0. The van der Waals surface area contributed by atoms with Crippen LogP contribution in [0.5, 0.6) is 0 Å². The lowest BCUT2D eigenvalue weighted by Crippen LogP contribution is -2.45. The number of alkyl carbamates (subject to hydrolysis) is 1. The summed E-state index contributed by atoms with van der Waals surface area (Å²) in [5.41, 5.74) is -0.700. The Morgan fingerprint density at radius 3 is 2.08 bits per heavy atom. The van der Waals surface area contributed by atoms with Crippen LogP contribution in [0.3, 0.4) is 0 Å². The average Bonchev–Trinajstić information content (AvgIpc) is 2.66. The van der Waals surface area contributed by atoms with E-state index >= 15 is 0 Å². The van der Waals surface area contributed by atoms with Gasteiger partial charge in [0.25, 0.3) is 0 Å². The molecular weight excluding hydrogens is 331 g/mol. The second kappa shape index (κ2) is 7.71. The first-order valence-corrected chi connectivity index (χ1v) is 7.51. The maximum absolute atomic E-state index is 12.4. The van der Waals surface area contributed by atoms with Gasteiger partial charge in [0.05, 0.1) is 0 Å². The number of carbonyl (C=O) groups excluding carboxylic acids is 3. The first-order valence-electron chi connectivity index (χ1n) is 7.51. The van der Waals surface area contributed by atoms with Crippen molar-refractivity contribution in [2.24, 2.45) is 0 Å². The quantitative estimate of drug-likeness (QED) is 0.807. The summed E-state index contributed by atoms with van der Waals surface area (Å²) in [5, 5.41) is 2.30. The molecule has 3 amide bonds. The van der Waals surface area contributed by atoms with Gasteiger partial charge in [0, 0.05) is 26.2 Å². The smallest absolute Gasteiger partial charge is 0.444 e. The highest BCUT2D eigenvalue weighted by Crippen LogP contribution is 2.19. The number of hydrogen-bond acceptors (Lipinski definition) is 4. The highest BCUT2D eigenvalue weighted by molar-refractivity contribution is 5.83. The second-order valence-electron chi connectivity index (χ2n) is 6.38. The Balaban J connectivity index is 2.47. The average molecular weight is 353 g/mol. The van der Waals surface area contributed by atoms with Crippen molar-refractivity contribution >= 4 is 17.9 Å². The number of amides is 3. The number of nitrogens with zero attached hydrogens (tertiary/aromatic N) is 2. The zero-order valence-corrected chi connectivity index (χ0v) is 13.9. The van der Waals surface area contributed by atoms with Gasteiger partial charge in [-0.05, 0) is 27.2 Å². The third kappa shape index (κ3) is 6.63. The van der Waals surface area contributed by atoms with Crippen LogP contribution in [-0.2, 0) is 14.3 Å². The number of alkyl halides is 3. The van der Waals surface area contributed by atoms with Crippen molar-refractivity contribution in [2.45, 2.75) is 39.0 Å². The van der Waals surface area contributed by atoms with Gasteiger partial charge in [-0.3, -0.25) is 9.59 Å². The molecule has 0 aromatic carbocycles. The van der Waals surface area contributed by atoms with Gasteiger partial charge in [0.1, 0.15) is 12.1 Å². The highest BCUT2D eigenvalue weighted by Gasteiger charge is 2.42. The van der Waals surface area contributed by atoms with Crippen molar-refractivity contribution in [3.8, 4) is 0 Å². The molecule has 1 heterocycles. The van der Waals surface area contributed by atoms with E-state index in [-0.39, 0.29) is 39.1 Å². The summed E-state index contributed by atoms with van der Waals surface area (Å²) in [6.07, 6.45) is -5.43. The Morgan fingerprint density at radius 1 is 1.00 bits per heavy atom. The minimum absolute atomic E-state index is 0.0172. The number of rotatable bonds is 2. The SMILES string of the molecule is CC(C)(C)OC(=O)NCC(=O)N1CCCN(C(=O)C(F)(F)F)CC1. The van der Waals surface area contributed by atoms with Crippen LogP contribution in [0, 0.1) is 0 Å². The minimum atomic E-state index is -4.92. The van der Waals surface area contributed by atoms with Crippen LogP contribution in [-0.4, -0.2) is 72.2 Å². The largest absolute Gasteiger partial charge is 0.471 e. The minimum Gasteiger partial charge on any atom is -0.444 e. The van der Waals surface area contributed by atoms with E-state index in [1.807, 2.05) is 0 Å². The predicted octanol–water partition coefficient (Wildman–Crippen LogP) is 1.13.